The molecule has 0 radical (unpaired) electrons. The molecule has 6 heteroatoms. The fourth-order valence-electron chi connectivity index (χ4n) is 2.75. The highest BCUT2D eigenvalue weighted by molar-refractivity contribution is 5.95. The first-order valence-corrected chi connectivity index (χ1v) is 8.15. The molecule has 1 saturated heterocycles. The van der Waals surface area contributed by atoms with Gasteiger partial charge in [-0.15, -0.1) is 0 Å². The molecule has 0 saturated carbocycles. The molecule has 0 bridgehead atoms. The van der Waals surface area contributed by atoms with Crippen molar-refractivity contribution in [1.29, 1.82) is 0 Å². The smallest absolute Gasteiger partial charge is 0.416 e. The van der Waals surface area contributed by atoms with Gasteiger partial charge in [0.2, 0.25) is 5.91 Å². The van der Waals surface area contributed by atoms with Crippen molar-refractivity contribution in [2.24, 2.45) is 11.8 Å². The molecule has 0 N–H and O–H groups in total. The van der Waals surface area contributed by atoms with Crippen LogP contribution >= 0.6 is 0 Å². The van der Waals surface area contributed by atoms with Crippen molar-refractivity contribution < 1.29 is 23.8 Å². The van der Waals surface area contributed by atoms with Gasteiger partial charge in [-0.2, -0.15) is 0 Å². The molecule has 1 heterocycles. The Balaban J connectivity index is 2.09. The van der Waals surface area contributed by atoms with Gasteiger partial charge in [0, 0.05) is 7.11 Å². The quantitative estimate of drug-likeness (QED) is 0.539. The van der Waals surface area contributed by atoms with E-state index < -0.39 is 12.0 Å². The van der Waals surface area contributed by atoms with Crippen LogP contribution in [0.2, 0.25) is 0 Å². The Kier molecular flexibility index (Phi) is 6.75. The van der Waals surface area contributed by atoms with Crippen LogP contribution in [0.1, 0.15) is 19.4 Å². The molecule has 2 amide bonds. The minimum absolute atomic E-state index is 0.0418. The summed E-state index contributed by atoms with van der Waals surface area (Å²) in [5.74, 6) is -0.617. The first-order valence-electron chi connectivity index (χ1n) is 8.15. The molecule has 24 heavy (non-hydrogen) atoms. The molecule has 6 nitrogen and oxygen atoms in total. The molecule has 0 aromatic heterocycles. The van der Waals surface area contributed by atoms with Crippen LogP contribution in [-0.2, 0) is 25.4 Å². The Labute approximate surface area is 142 Å². The van der Waals surface area contributed by atoms with Gasteiger partial charge in [0.25, 0.3) is 0 Å². The maximum absolute atomic E-state index is 12.9. The molecular formula is C18H25NO5. The summed E-state index contributed by atoms with van der Waals surface area (Å²) in [6.45, 7) is 4.43. The van der Waals surface area contributed by atoms with E-state index in [2.05, 4.69) is 0 Å². The standard InChI is InChI=1S/C18H25NO5/c1-13(2)16(11-23-12-22-3)17(20)19-15(10-24-18(19)21)9-14-7-5-4-6-8-14/h4-8,13,15-16H,9-12H2,1-3H3/t15-,16-/m1/s1. The molecule has 0 aliphatic carbocycles. The van der Waals surface area contributed by atoms with Gasteiger partial charge < -0.3 is 14.2 Å². The SMILES string of the molecule is COCOC[C@@H](C(=O)N1C(=O)OC[C@H]1Cc1ccccc1)C(C)C. The largest absolute Gasteiger partial charge is 0.447 e. The maximum Gasteiger partial charge on any atom is 0.416 e. The second-order valence-corrected chi connectivity index (χ2v) is 6.26. The van der Waals surface area contributed by atoms with Gasteiger partial charge in [0.1, 0.15) is 13.4 Å². The van der Waals surface area contributed by atoms with Crippen molar-refractivity contribution >= 4 is 12.0 Å². The number of methoxy groups -OCH3 is 1. The van der Waals surface area contributed by atoms with Crippen LogP contribution in [-0.4, -0.2) is 50.1 Å². The fraction of sp³-hybridized carbons (Fsp3) is 0.556. The molecule has 2 atom stereocenters. The number of amides is 2. The summed E-state index contributed by atoms with van der Waals surface area (Å²) in [5.41, 5.74) is 1.07. The third-order valence-corrected chi connectivity index (χ3v) is 4.13. The van der Waals surface area contributed by atoms with Crippen molar-refractivity contribution in [2.45, 2.75) is 26.3 Å². The number of carbonyl (C=O) groups is 2. The fourth-order valence-corrected chi connectivity index (χ4v) is 2.75. The van der Waals surface area contributed by atoms with E-state index in [9.17, 15) is 9.59 Å². The van der Waals surface area contributed by atoms with Crippen LogP contribution in [0.4, 0.5) is 4.79 Å². The Hall–Kier alpha value is -1.92. The highest BCUT2D eigenvalue weighted by Gasteiger charge is 2.41. The lowest BCUT2D eigenvalue weighted by Gasteiger charge is -2.27. The number of rotatable bonds is 8. The number of cyclic esters (lactones) is 1. The van der Waals surface area contributed by atoms with Gasteiger partial charge >= 0.3 is 6.09 Å². The van der Waals surface area contributed by atoms with E-state index in [1.165, 1.54) is 12.0 Å². The minimum atomic E-state index is -0.571. The van der Waals surface area contributed by atoms with Crippen LogP contribution in [0.25, 0.3) is 0 Å². The van der Waals surface area contributed by atoms with Crippen molar-refractivity contribution in [1.82, 2.24) is 4.90 Å². The second kappa shape index (κ2) is 8.80. The normalized spacial score (nSPS) is 18.8. The summed E-state index contributed by atoms with van der Waals surface area (Å²) in [7, 11) is 1.53. The minimum Gasteiger partial charge on any atom is -0.447 e. The molecule has 2 rings (SSSR count). The first kappa shape index (κ1) is 18.4. The van der Waals surface area contributed by atoms with E-state index in [-0.39, 0.29) is 37.9 Å². The zero-order chi connectivity index (χ0) is 17.5. The van der Waals surface area contributed by atoms with Gasteiger partial charge in [-0.25, -0.2) is 9.69 Å². The number of imide groups is 1. The Morgan fingerprint density at radius 2 is 2.04 bits per heavy atom. The van der Waals surface area contributed by atoms with Gasteiger partial charge in [0.05, 0.1) is 18.6 Å². The van der Waals surface area contributed by atoms with Crippen molar-refractivity contribution in [3.8, 4) is 0 Å². The lowest BCUT2D eigenvalue weighted by Crippen LogP contribution is -2.46. The molecular weight excluding hydrogens is 310 g/mol. The monoisotopic (exact) mass is 335 g/mol. The molecule has 1 aromatic carbocycles. The Morgan fingerprint density at radius 3 is 2.67 bits per heavy atom. The van der Waals surface area contributed by atoms with Gasteiger partial charge in [-0.1, -0.05) is 44.2 Å². The first-order chi connectivity index (χ1) is 11.5. The third kappa shape index (κ3) is 4.55. The van der Waals surface area contributed by atoms with Crippen molar-refractivity contribution in [3.05, 3.63) is 35.9 Å². The molecule has 1 aliphatic rings. The Bertz CT molecular complexity index is 546. The highest BCUT2D eigenvalue weighted by atomic mass is 16.7. The maximum atomic E-state index is 12.9. The average molecular weight is 335 g/mol. The summed E-state index contributed by atoms with van der Waals surface area (Å²) in [6, 6.07) is 9.49. The molecule has 0 spiro atoms. The molecule has 1 aliphatic heterocycles. The predicted octanol–water partition coefficient (Wildman–Crippen LogP) is 2.47. The van der Waals surface area contributed by atoms with Gasteiger partial charge in [0.15, 0.2) is 0 Å². The van der Waals surface area contributed by atoms with Crippen LogP contribution in [0.15, 0.2) is 30.3 Å². The lowest BCUT2D eigenvalue weighted by atomic mass is 9.94. The van der Waals surface area contributed by atoms with Crippen LogP contribution in [0, 0.1) is 11.8 Å². The van der Waals surface area contributed by atoms with Crippen LogP contribution in [0.5, 0.6) is 0 Å². The van der Waals surface area contributed by atoms with E-state index in [0.29, 0.717) is 6.42 Å². The van der Waals surface area contributed by atoms with E-state index in [1.807, 2.05) is 44.2 Å². The van der Waals surface area contributed by atoms with Crippen LogP contribution in [0.3, 0.4) is 0 Å². The van der Waals surface area contributed by atoms with E-state index in [1.54, 1.807) is 0 Å². The molecule has 1 aromatic rings. The number of carbonyl (C=O) groups excluding carboxylic acids is 2. The van der Waals surface area contributed by atoms with E-state index in [0.717, 1.165) is 5.56 Å². The molecule has 1 fully saturated rings. The average Bonchev–Trinajstić information content (AvgIpc) is 2.92. The lowest BCUT2D eigenvalue weighted by molar-refractivity contribution is -0.139. The summed E-state index contributed by atoms with van der Waals surface area (Å²) in [4.78, 5) is 26.2. The summed E-state index contributed by atoms with van der Waals surface area (Å²) >= 11 is 0. The van der Waals surface area contributed by atoms with Gasteiger partial charge in [-0.05, 0) is 17.9 Å². The third-order valence-electron chi connectivity index (χ3n) is 4.13. The summed E-state index contributed by atoms with van der Waals surface area (Å²) in [5, 5.41) is 0. The van der Waals surface area contributed by atoms with Crippen molar-refractivity contribution in [3.63, 3.8) is 0 Å². The highest BCUT2D eigenvalue weighted by Crippen LogP contribution is 2.23. The summed E-state index contributed by atoms with van der Waals surface area (Å²) in [6.07, 6.45) is 0.0144. The van der Waals surface area contributed by atoms with Crippen LogP contribution < -0.4 is 0 Å². The Morgan fingerprint density at radius 1 is 1.33 bits per heavy atom. The molecule has 0 unspecified atom stereocenters. The second-order valence-electron chi connectivity index (χ2n) is 6.26. The van der Waals surface area contributed by atoms with Crippen molar-refractivity contribution in [2.75, 3.05) is 27.1 Å². The van der Waals surface area contributed by atoms with E-state index in [4.69, 9.17) is 14.2 Å². The number of benzene rings is 1. The predicted molar refractivity (Wildman–Crippen MR) is 88.3 cm³/mol. The number of hydrogen-bond acceptors (Lipinski definition) is 5. The number of nitrogens with zero attached hydrogens (tertiary/aromatic N) is 1. The van der Waals surface area contributed by atoms with Gasteiger partial charge in [-0.3, -0.25) is 4.79 Å². The summed E-state index contributed by atoms with van der Waals surface area (Å²) < 4.78 is 15.3. The molecule has 132 valence electrons. The van der Waals surface area contributed by atoms with E-state index >= 15 is 0 Å². The zero-order valence-electron chi connectivity index (χ0n) is 14.4. The topological polar surface area (TPSA) is 65.1 Å². The number of ether oxygens (including phenoxy) is 3. The zero-order valence-corrected chi connectivity index (χ0v) is 14.4. The number of hydrogen-bond donors (Lipinski definition) is 0.